The molecule has 1 saturated carbocycles. The lowest BCUT2D eigenvalue weighted by Crippen LogP contribution is -2.41. The van der Waals surface area contributed by atoms with E-state index in [-0.39, 0.29) is 16.8 Å². The van der Waals surface area contributed by atoms with Gasteiger partial charge in [0.2, 0.25) is 0 Å². The quantitative estimate of drug-likeness (QED) is 0.812. The van der Waals surface area contributed by atoms with E-state index < -0.39 is 10.0 Å². The SMILES string of the molecule is Cc1ccc(S(=O)(=O)Nc2cccc(C(=O)N[C@H]3CCCC[C@@H]3C)c2)cc1. The van der Waals surface area contributed by atoms with Gasteiger partial charge in [0.15, 0.2) is 0 Å². The average molecular weight is 387 g/mol. The van der Waals surface area contributed by atoms with Crippen LogP contribution in [0.1, 0.15) is 48.5 Å². The number of sulfonamides is 1. The Morgan fingerprint density at radius 2 is 1.74 bits per heavy atom. The summed E-state index contributed by atoms with van der Waals surface area (Å²) in [5.74, 6) is 0.302. The van der Waals surface area contributed by atoms with E-state index in [0.29, 0.717) is 17.2 Å². The van der Waals surface area contributed by atoms with Crippen LogP contribution in [0.5, 0.6) is 0 Å². The second kappa shape index (κ2) is 8.13. The maximum Gasteiger partial charge on any atom is 0.261 e. The lowest BCUT2D eigenvalue weighted by atomic mass is 9.86. The second-order valence-corrected chi connectivity index (χ2v) is 9.02. The Balaban J connectivity index is 1.73. The first-order chi connectivity index (χ1) is 12.8. The lowest BCUT2D eigenvalue weighted by Gasteiger charge is -2.29. The summed E-state index contributed by atoms with van der Waals surface area (Å²) in [7, 11) is -3.69. The Morgan fingerprint density at radius 1 is 1.04 bits per heavy atom. The highest BCUT2D eigenvalue weighted by Gasteiger charge is 2.23. The van der Waals surface area contributed by atoms with E-state index in [9.17, 15) is 13.2 Å². The molecule has 0 aliphatic heterocycles. The largest absolute Gasteiger partial charge is 0.349 e. The van der Waals surface area contributed by atoms with E-state index in [1.807, 2.05) is 6.92 Å². The van der Waals surface area contributed by atoms with Gasteiger partial charge in [0.05, 0.1) is 4.90 Å². The van der Waals surface area contributed by atoms with Crippen LogP contribution in [-0.4, -0.2) is 20.4 Å². The number of carbonyl (C=O) groups excluding carboxylic acids is 1. The van der Waals surface area contributed by atoms with Gasteiger partial charge in [0.1, 0.15) is 0 Å². The Labute approximate surface area is 161 Å². The Bertz CT molecular complexity index is 907. The molecule has 0 bridgehead atoms. The van der Waals surface area contributed by atoms with Gasteiger partial charge in [-0.2, -0.15) is 0 Å². The minimum atomic E-state index is -3.69. The summed E-state index contributed by atoms with van der Waals surface area (Å²) in [6, 6.07) is 13.4. The van der Waals surface area contributed by atoms with Gasteiger partial charge in [-0.3, -0.25) is 9.52 Å². The Kier molecular flexibility index (Phi) is 5.85. The van der Waals surface area contributed by atoms with Gasteiger partial charge in [-0.15, -0.1) is 0 Å². The van der Waals surface area contributed by atoms with Crippen molar-refractivity contribution in [1.82, 2.24) is 5.32 Å². The zero-order chi connectivity index (χ0) is 19.4. The number of amides is 1. The van der Waals surface area contributed by atoms with E-state index in [0.717, 1.165) is 24.8 Å². The summed E-state index contributed by atoms with van der Waals surface area (Å²) in [5.41, 5.74) is 1.82. The maximum absolute atomic E-state index is 12.6. The zero-order valence-electron chi connectivity index (χ0n) is 15.7. The molecule has 27 heavy (non-hydrogen) atoms. The molecule has 2 N–H and O–H groups in total. The number of hydrogen-bond donors (Lipinski definition) is 2. The monoisotopic (exact) mass is 386 g/mol. The minimum absolute atomic E-state index is 0.162. The fraction of sp³-hybridized carbons (Fsp3) is 0.381. The van der Waals surface area contributed by atoms with Crippen molar-refractivity contribution in [2.45, 2.75) is 50.5 Å². The summed E-state index contributed by atoms with van der Waals surface area (Å²) < 4.78 is 27.6. The van der Waals surface area contributed by atoms with Crippen LogP contribution >= 0.6 is 0 Å². The van der Waals surface area contributed by atoms with E-state index in [1.54, 1.807) is 48.5 Å². The van der Waals surface area contributed by atoms with Crippen molar-refractivity contribution in [1.29, 1.82) is 0 Å². The lowest BCUT2D eigenvalue weighted by molar-refractivity contribution is 0.0910. The molecule has 144 valence electrons. The molecule has 0 heterocycles. The first-order valence-electron chi connectivity index (χ1n) is 9.35. The van der Waals surface area contributed by atoms with Gasteiger partial charge >= 0.3 is 0 Å². The summed E-state index contributed by atoms with van der Waals surface area (Å²) in [5, 5.41) is 3.10. The van der Waals surface area contributed by atoms with Gasteiger partial charge in [-0.1, -0.05) is 43.5 Å². The van der Waals surface area contributed by atoms with Crippen molar-refractivity contribution in [2.75, 3.05) is 4.72 Å². The zero-order valence-corrected chi connectivity index (χ0v) is 16.6. The van der Waals surface area contributed by atoms with Crippen molar-refractivity contribution in [2.24, 2.45) is 5.92 Å². The number of aryl methyl sites for hydroxylation is 1. The maximum atomic E-state index is 12.6. The molecule has 3 rings (SSSR count). The number of rotatable bonds is 5. The molecule has 1 amide bonds. The molecule has 0 spiro atoms. The molecule has 1 aliphatic carbocycles. The average Bonchev–Trinajstić information content (AvgIpc) is 2.64. The molecular formula is C21H26N2O3S. The van der Waals surface area contributed by atoms with E-state index >= 15 is 0 Å². The predicted octanol–water partition coefficient (Wildman–Crippen LogP) is 4.10. The van der Waals surface area contributed by atoms with E-state index in [4.69, 9.17) is 0 Å². The van der Waals surface area contributed by atoms with Gasteiger partial charge in [-0.25, -0.2) is 8.42 Å². The Hall–Kier alpha value is -2.34. The Morgan fingerprint density at radius 3 is 2.44 bits per heavy atom. The summed E-state index contributed by atoms with van der Waals surface area (Å²) in [4.78, 5) is 12.8. The van der Waals surface area contributed by atoms with Crippen molar-refractivity contribution < 1.29 is 13.2 Å². The molecule has 2 aromatic carbocycles. The highest BCUT2D eigenvalue weighted by atomic mass is 32.2. The molecule has 0 unspecified atom stereocenters. The smallest absolute Gasteiger partial charge is 0.261 e. The number of nitrogens with one attached hydrogen (secondary N) is 2. The van der Waals surface area contributed by atoms with Gasteiger partial charge in [0, 0.05) is 17.3 Å². The van der Waals surface area contributed by atoms with Crippen LogP contribution < -0.4 is 10.0 Å². The first kappa shape index (κ1) is 19.4. The summed E-state index contributed by atoms with van der Waals surface area (Å²) in [6.45, 7) is 4.06. The van der Waals surface area contributed by atoms with Crippen LogP contribution in [0.2, 0.25) is 0 Å². The third kappa shape index (κ3) is 4.89. The number of carbonyl (C=O) groups is 1. The van der Waals surface area contributed by atoms with Crippen molar-refractivity contribution in [3.05, 3.63) is 59.7 Å². The molecule has 0 saturated heterocycles. The third-order valence-corrected chi connectivity index (χ3v) is 6.53. The van der Waals surface area contributed by atoms with Crippen molar-refractivity contribution in [3.8, 4) is 0 Å². The summed E-state index contributed by atoms with van der Waals surface area (Å²) in [6.07, 6.45) is 4.46. The van der Waals surface area contributed by atoms with Crippen molar-refractivity contribution in [3.63, 3.8) is 0 Å². The molecule has 2 atom stereocenters. The fourth-order valence-electron chi connectivity index (χ4n) is 3.44. The molecule has 0 aromatic heterocycles. The standard InChI is InChI=1S/C21H26N2O3S/c1-15-10-12-19(13-11-15)27(25,26)23-18-8-5-7-17(14-18)21(24)22-20-9-4-3-6-16(20)2/h5,7-8,10-14,16,20,23H,3-4,6,9H2,1-2H3,(H,22,24)/t16-,20-/m0/s1. The van der Waals surface area contributed by atoms with Crippen LogP contribution in [0.3, 0.4) is 0 Å². The predicted molar refractivity (Wildman–Crippen MR) is 107 cm³/mol. The second-order valence-electron chi connectivity index (χ2n) is 7.34. The van der Waals surface area contributed by atoms with E-state index in [2.05, 4.69) is 17.0 Å². The highest BCUT2D eigenvalue weighted by Crippen LogP contribution is 2.24. The van der Waals surface area contributed by atoms with Gasteiger partial charge < -0.3 is 5.32 Å². The number of benzene rings is 2. The van der Waals surface area contributed by atoms with Crippen LogP contribution in [0.15, 0.2) is 53.4 Å². The van der Waals surface area contributed by atoms with Crippen LogP contribution in [0.25, 0.3) is 0 Å². The van der Waals surface area contributed by atoms with Crippen LogP contribution in [-0.2, 0) is 10.0 Å². The van der Waals surface area contributed by atoms with Gasteiger partial charge in [-0.05, 0) is 56.0 Å². The molecule has 1 fully saturated rings. The summed E-state index contributed by atoms with van der Waals surface area (Å²) >= 11 is 0. The highest BCUT2D eigenvalue weighted by molar-refractivity contribution is 7.92. The van der Waals surface area contributed by atoms with Crippen molar-refractivity contribution >= 4 is 21.6 Å². The van der Waals surface area contributed by atoms with Crippen LogP contribution in [0, 0.1) is 12.8 Å². The molecule has 6 heteroatoms. The molecule has 1 aliphatic rings. The normalized spacial score (nSPS) is 20.1. The van der Waals surface area contributed by atoms with Crippen LogP contribution in [0.4, 0.5) is 5.69 Å². The van der Waals surface area contributed by atoms with E-state index in [1.165, 1.54) is 6.42 Å². The fourth-order valence-corrected chi connectivity index (χ4v) is 4.49. The first-order valence-corrected chi connectivity index (χ1v) is 10.8. The molecular weight excluding hydrogens is 360 g/mol. The molecule has 2 aromatic rings. The molecule has 0 radical (unpaired) electrons. The minimum Gasteiger partial charge on any atom is -0.349 e. The van der Waals surface area contributed by atoms with Gasteiger partial charge in [0.25, 0.3) is 15.9 Å². The third-order valence-electron chi connectivity index (χ3n) is 5.14. The molecule has 5 nitrogen and oxygen atoms in total. The number of anilines is 1. The number of hydrogen-bond acceptors (Lipinski definition) is 3. The topological polar surface area (TPSA) is 75.3 Å².